The molecule has 4 heteroatoms. The van der Waals surface area contributed by atoms with E-state index in [1.165, 1.54) is 12.0 Å². The zero-order chi connectivity index (χ0) is 14.5. The topological polar surface area (TPSA) is 45.6 Å². The summed E-state index contributed by atoms with van der Waals surface area (Å²) in [4.78, 5) is 4.20. The second-order valence-electron chi connectivity index (χ2n) is 4.66. The van der Waals surface area contributed by atoms with E-state index in [1.807, 2.05) is 18.2 Å². The van der Waals surface area contributed by atoms with Crippen LogP contribution in [0.4, 0.5) is 0 Å². The van der Waals surface area contributed by atoms with Gasteiger partial charge < -0.3 is 15.4 Å². The van der Waals surface area contributed by atoms with E-state index in [1.54, 1.807) is 7.05 Å². The molecule has 0 fully saturated rings. The molecule has 1 aromatic carbocycles. The number of nitrogens with zero attached hydrogens (tertiary/aromatic N) is 1. The predicted molar refractivity (Wildman–Crippen MR) is 85.0 cm³/mol. The van der Waals surface area contributed by atoms with Gasteiger partial charge in [0.05, 0.1) is 0 Å². The maximum atomic E-state index is 5.52. The molecule has 4 nitrogen and oxygen atoms in total. The molecule has 2 N–H and O–H groups in total. The summed E-state index contributed by atoms with van der Waals surface area (Å²) in [6, 6.07) is 10.3. The first-order valence-electron chi connectivity index (χ1n) is 7.43. The van der Waals surface area contributed by atoms with Gasteiger partial charge in [-0.05, 0) is 18.4 Å². The zero-order valence-electron chi connectivity index (χ0n) is 12.7. The molecule has 0 spiro atoms. The van der Waals surface area contributed by atoms with E-state index in [-0.39, 0.29) is 0 Å². The maximum absolute atomic E-state index is 5.52. The lowest BCUT2D eigenvalue weighted by Crippen LogP contribution is -2.37. The van der Waals surface area contributed by atoms with Crippen LogP contribution in [0.5, 0.6) is 0 Å². The van der Waals surface area contributed by atoms with Gasteiger partial charge in [-0.2, -0.15) is 0 Å². The Morgan fingerprint density at radius 2 is 1.85 bits per heavy atom. The van der Waals surface area contributed by atoms with Crippen molar-refractivity contribution in [1.29, 1.82) is 0 Å². The Kier molecular flexibility index (Phi) is 9.32. The molecule has 0 radical (unpaired) electrons. The van der Waals surface area contributed by atoms with Crippen molar-refractivity contribution in [1.82, 2.24) is 10.6 Å². The van der Waals surface area contributed by atoms with E-state index in [9.17, 15) is 0 Å². The molecule has 0 heterocycles. The van der Waals surface area contributed by atoms with Crippen molar-refractivity contribution in [3.8, 4) is 0 Å². The first-order valence-corrected chi connectivity index (χ1v) is 7.43. The molecule has 0 aromatic heterocycles. The standard InChI is InChI=1S/C16H27N3O/c1-3-4-12-20-13-8-11-18-16(17-2)19-14-15-9-6-5-7-10-15/h5-7,9-10H,3-4,8,11-14H2,1-2H3,(H2,17,18,19). The van der Waals surface area contributed by atoms with Crippen LogP contribution in [0.2, 0.25) is 0 Å². The minimum Gasteiger partial charge on any atom is -0.381 e. The van der Waals surface area contributed by atoms with Crippen LogP contribution in [0.25, 0.3) is 0 Å². The van der Waals surface area contributed by atoms with Gasteiger partial charge in [0.2, 0.25) is 0 Å². The Morgan fingerprint density at radius 3 is 2.55 bits per heavy atom. The summed E-state index contributed by atoms with van der Waals surface area (Å²) in [6.45, 7) is 5.52. The highest BCUT2D eigenvalue weighted by molar-refractivity contribution is 5.79. The molecular weight excluding hydrogens is 250 g/mol. The van der Waals surface area contributed by atoms with Crippen molar-refractivity contribution in [2.75, 3.05) is 26.8 Å². The first-order chi connectivity index (χ1) is 9.86. The van der Waals surface area contributed by atoms with Crippen molar-refractivity contribution in [3.63, 3.8) is 0 Å². The largest absolute Gasteiger partial charge is 0.381 e. The third kappa shape index (κ3) is 7.79. The summed E-state index contributed by atoms with van der Waals surface area (Å²) in [7, 11) is 1.79. The quantitative estimate of drug-likeness (QED) is 0.414. The lowest BCUT2D eigenvalue weighted by Gasteiger charge is -2.12. The van der Waals surface area contributed by atoms with Gasteiger partial charge in [-0.1, -0.05) is 43.7 Å². The van der Waals surface area contributed by atoms with Crippen molar-refractivity contribution < 1.29 is 4.74 Å². The highest BCUT2D eigenvalue weighted by atomic mass is 16.5. The van der Waals surface area contributed by atoms with E-state index in [0.29, 0.717) is 0 Å². The molecule has 0 bridgehead atoms. The Morgan fingerprint density at radius 1 is 1.10 bits per heavy atom. The predicted octanol–water partition coefficient (Wildman–Crippen LogP) is 2.56. The lowest BCUT2D eigenvalue weighted by molar-refractivity contribution is 0.129. The second kappa shape index (κ2) is 11.3. The average Bonchev–Trinajstić information content (AvgIpc) is 2.50. The number of nitrogens with one attached hydrogen (secondary N) is 2. The fraction of sp³-hybridized carbons (Fsp3) is 0.562. The molecule has 0 unspecified atom stereocenters. The zero-order valence-corrected chi connectivity index (χ0v) is 12.7. The number of hydrogen-bond donors (Lipinski definition) is 2. The molecule has 1 aromatic rings. The Labute approximate surface area is 122 Å². The summed E-state index contributed by atoms with van der Waals surface area (Å²) in [5.74, 6) is 0.836. The molecule has 0 saturated carbocycles. The molecule has 0 amide bonds. The maximum Gasteiger partial charge on any atom is 0.191 e. The third-order valence-corrected chi connectivity index (χ3v) is 2.93. The Bertz CT molecular complexity index is 365. The smallest absolute Gasteiger partial charge is 0.191 e. The third-order valence-electron chi connectivity index (χ3n) is 2.93. The highest BCUT2D eigenvalue weighted by Crippen LogP contribution is 1.96. The van der Waals surface area contributed by atoms with Gasteiger partial charge in [-0.25, -0.2) is 0 Å². The van der Waals surface area contributed by atoms with Gasteiger partial charge in [0, 0.05) is 33.4 Å². The minimum atomic E-state index is 0.785. The van der Waals surface area contributed by atoms with Crippen LogP contribution in [0.15, 0.2) is 35.3 Å². The van der Waals surface area contributed by atoms with Crippen LogP contribution in [0, 0.1) is 0 Å². The number of ether oxygens (including phenoxy) is 1. The van der Waals surface area contributed by atoms with E-state index in [2.05, 4.69) is 34.7 Å². The number of guanidine groups is 1. The molecule has 0 aliphatic rings. The van der Waals surface area contributed by atoms with Crippen LogP contribution in [-0.4, -0.2) is 32.8 Å². The van der Waals surface area contributed by atoms with Crippen molar-refractivity contribution in [2.45, 2.75) is 32.7 Å². The number of benzene rings is 1. The Hall–Kier alpha value is -1.55. The van der Waals surface area contributed by atoms with Gasteiger partial charge in [0.15, 0.2) is 5.96 Å². The summed E-state index contributed by atoms with van der Waals surface area (Å²) >= 11 is 0. The van der Waals surface area contributed by atoms with E-state index in [4.69, 9.17) is 4.74 Å². The summed E-state index contributed by atoms with van der Waals surface area (Å²) in [5, 5.41) is 6.58. The minimum absolute atomic E-state index is 0.785. The highest BCUT2D eigenvalue weighted by Gasteiger charge is 1.97. The van der Waals surface area contributed by atoms with Crippen molar-refractivity contribution >= 4 is 5.96 Å². The summed E-state index contributed by atoms with van der Waals surface area (Å²) < 4.78 is 5.52. The van der Waals surface area contributed by atoms with Crippen LogP contribution in [-0.2, 0) is 11.3 Å². The second-order valence-corrected chi connectivity index (χ2v) is 4.66. The van der Waals surface area contributed by atoms with Crippen LogP contribution < -0.4 is 10.6 Å². The molecule has 0 aliphatic heterocycles. The number of rotatable bonds is 9. The Balaban J connectivity index is 2.08. The fourth-order valence-corrected chi connectivity index (χ4v) is 1.73. The normalized spacial score (nSPS) is 11.4. The van der Waals surface area contributed by atoms with E-state index >= 15 is 0 Å². The molecule has 0 aliphatic carbocycles. The first kappa shape index (κ1) is 16.5. The van der Waals surface area contributed by atoms with Gasteiger partial charge >= 0.3 is 0 Å². The molecule has 1 rings (SSSR count). The van der Waals surface area contributed by atoms with Crippen molar-refractivity contribution in [3.05, 3.63) is 35.9 Å². The van der Waals surface area contributed by atoms with Gasteiger partial charge in [-0.3, -0.25) is 4.99 Å². The summed E-state index contributed by atoms with van der Waals surface area (Å²) in [5.41, 5.74) is 1.25. The molecule has 20 heavy (non-hydrogen) atoms. The van der Waals surface area contributed by atoms with E-state index < -0.39 is 0 Å². The van der Waals surface area contributed by atoms with Crippen LogP contribution in [0.3, 0.4) is 0 Å². The molecular formula is C16H27N3O. The van der Waals surface area contributed by atoms with Gasteiger partial charge in [0.25, 0.3) is 0 Å². The lowest BCUT2D eigenvalue weighted by atomic mass is 10.2. The SMILES string of the molecule is CCCCOCCCNC(=NC)NCc1ccccc1. The number of hydrogen-bond acceptors (Lipinski definition) is 2. The van der Waals surface area contributed by atoms with E-state index in [0.717, 1.165) is 45.1 Å². The molecule has 112 valence electrons. The van der Waals surface area contributed by atoms with Gasteiger partial charge in [0.1, 0.15) is 0 Å². The number of unbranched alkanes of at least 4 members (excludes halogenated alkanes) is 1. The van der Waals surface area contributed by atoms with Gasteiger partial charge in [-0.15, -0.1) is 0 Å². The average molecular weight is 277 g/mol. The number of aliphatic imine (C=N–C) groups is 1. The summed E-state index contributed by atoms with van der Waals surface area (Å²) in [6.07, 6.45) is 3.33. The fourth-order valence-electron chi connectivity index (χ4n) is 1.73. The molecule has 0 saturated heterocycles. The van der Waals surface area contributed by atoms with Crippen molar-refractivity contribution in [2.24, 2.45) is 4.99 Å². The van der Waals surface area contributed by atoms with Crippen LogP contribution in [0.1, 0.15) is 31.7 Å². The monoisotopic (exact) mass is 277 g/mol. The molecule has 0 atom stereocenters. The van der Waals surface area contributed by atoms with Crippen LogP contribution >= 0.6 is 0 Å².